The van der Waals surface area contributed by atoms with Crippen molar-refractivity contribution in [2.75, 3.05) is 0 Å². The molecule has 0 aliphatic heterocycles. The molecule has 0 aliphatic carbocycles. The summed E-state index contributed by atoms with van der Waals surface area (Å²) in [5.74, 6) is 0. The minimum Gasteiger partial charge on any atom is -0.350 e. The van der Waals surface area contributed by atoms with Gasteiger partial charge in [0.25, 0.3) is 0 Å². The van der Waals surface area contributed by atoms with Crippen molar-refractivity contribution < 1.29 is 4.79 Å². The third kappa shape index (κ3) is 2.85. The molecule has 5 heteroatoms. The standard InChI is InChI=1S/C9H12N4O/c1-2-8(12-13-9(10)14)7-3-5-11-6-4-7/h3-6H,2H2,1H3,(H3,10,13,14). The van der Waals surface area contributed by atoms with Crippen LogP contribution in [0.2, 0.25) is 0 Å². The molecular weight excluding hydrogens is 180 g/mol. The van der Waals surface area contributed by atoms with Crippen LogP contribution in [0.25, 0.3) is 0 Å². The van der Waals surface area contributed by atoms with Crippen LogP contribution in [-0.2, 0) is 0 Å². The predicted molar refractivity (Wildman–Crippen MR) is 53.8 cm³/mol. The topological polar surface area (TPSA) is 80.4 Å². The largest absolute Gasteiger partial charge is 0.350 e. The number of hydrogen-bond donors (Lipinski definition) is 2. The maximum absolute atomic E-state index is 10.4. The number of nitrogens with two attached hydrogens (primary N) is 1. The van der Waals surface area contributed by atoms with Crippen LogP contribution in [0.5, 0.6) is 0 Å². The van der Waals surface area contributed by atoms with E-state index in [1.165, 1.54) is 0 Å². The zero-order valence-corrected chi connectivity index (χ0v) is 7.90. The summed E-state index contributed by atoms with van der Waals surface area (Å²) >= 11 is 0. The maximum atomic E-state index is 10.4. The zero-order chi connectivity index (χ0) is 10.4. The highest BCUT2D eigenvalue weighted by Crippen LogP contribution is 2.01. The van der Waals surface area contributed by atoms with E-state index in [0.717, 1.165) is 11.3 Å². The fraction of sp³-hybridized carbons (Fsp3) is 0.222. The quantitative estimate of drug-likeness (QED) is 0.550. The minimum absolute atomic E-state index is 0.662. The Bertz CT molecular complexity index is 334. The number of aromatic nitrogens is 1. The smallest absolute Gasteiger partial charge is 0.332 e. The van der Waals surface area contributed by atoms with Gasteiger partial charge in [-0.25, -0.2) is 10.2 Å². The van der Waals surface area contributed by atoms with Gasteiger partial charge in [0.2, 0.25) is 0 Å². The lowest BCUT2D eigenvalue weighted by atomic mass is 10.1. The second-order valence-corrected chi connectivity index (χ2v) is 2.62. The predicted octanol–water partition coefficient (Wildman–Crippen LogP) is 0.864. The van der Waals surface area contributed by atoms with Crippen molar-refractivity contribution in [1.29, 1.82) is 0 Å². The highest BCUT2D eigenvalue weighted by Gasteiger charge is 2.00. The van der Waals surface area contributed by atoms with Gasteiger partial charge in [0.05, 0.1) is 5.71 Å². The maximum Gasteiger partial charge on any atom is 0.332 e. The van der Waals surface area contributed by atoms with Gasteiger partial charge in [0.15, 0.2) is 0 Å². The number of hydrazone groups is 1. The average molecular weight is 192 g/mol. The molecule has 0 aromatic carbocycles. The van der Waals surface area contributed by atoms with Gasteiger partial charge in [-0.1, -0.05) is 6.92 Å². The van der Waals surface area contributed by atoms with Gasteiger partial charge in [0.1, 0.15) is 0 Å². The van der Waals surface area contributed by atoms with Gasteiger partial charge in [-0.2, -0.15) is 5.10 Å². The fourth-order valence-electron chi connectivity index (χ4n) is 1.01. The molecule has 0 spiro atoms. The van der Waals surface area contributed by atoms with Gasteiger partial charge >= 0.3 is 6.03 Å². The Hall–Kier alpha value is -1.91. The van der Waals surface area contributed by atoms with E-state index in [1.54, 1.807) is 12.4 Å². The van der Waals surface area contributed by atoms with Crippen molar-refractivity contribution in [3.05, 3.63) is 30.1 Å². The summed E-state index contributed by atoms with van der Waals surface area (Å²) < 4.78 is 0. The summed E-state index contributed by atoms with van der Waals surface area (Å²) in [6.45, 7) is 1.95. The van der Waals surface area contributed by atoms with Gasteiger partial charge in [-0.3, -0.25) is 4.98 Å². The molecule has 0 aliphatic rings. The number of nitrogens with zero attached hydrogens (tertiary/aromatic N) is 2. The van der Waals surface area contributed by atoms with Crippen molar-refractivity contribution in [3.8, 4) is 0 Å². The van der Waals surface area contributed by atoms with Crippen LogP contribution in [0, 0.1) is 0 Å². The number of hydrogen-bond acceptors (Lipinski definition) is 3. The van der Waals surface area contributed by atoms with Crippen molar-refractivity contribution in [2.45, 2.75) is 13.3 Å². The molecule has 2 amide bonds. The molecule has 1 rings (SSSR count). The van der Waals surface area contributed by atoms with E-state index in [1.807, 2.05) is 19.1 Å². The average Bonchev–Trinajstić information content (AvgIpc) is 2.20. The molecule has 0 fully saturated rings. The number of rotatable bonds is 3. The minimum atomic E-state index is -0.662. The third-order valence-electron chi connectivity index (χ3n) is 1.65. The van der Waals surface area contributed by atoms with Crippen molar-refractivity contribution in [1.82, 2.24) is 10.4 Å². The lowest BCUT2D eigenvalue weighted by Crippen LogP contribution is -2.25. The molecule has 1 heterocycles. The molecule has 3 N–H and O–H groups in total. The van der Waals surface area contributed by atoms with Gasteiger partial charge in [-0.05, 0) is 18.6 Å². The Morgan fingerprint density at radius 2 is 2.21 bits per heavy atom. The molecule has 74 valence electrons. The summed E-state index contributed by atoms with van der Waals surface area (Å²) in [7, 11) is 0. The van der Waals surface area contributed by atoms with Crippen LogP contribution < -0.4 is 11.2 Å². The summed E-state index contributed by atoms with van der Waals surface area (Å²) in [5.41, 5.74) is 8.80. The molecule has 0 bridgehead atoms. The number of carbonyl (C=O) groups excluding carboxylic acids is 1. The molecule has 1 aromatic rings. The Morgan fingerprint density at radius 1 is 1.57 bits per heavy atom. The number of carbonyl (C=O) groups is 1. The summed E-state index contributed by atoms with van der Waals surface area (Å²) in [6.07, 6.45) is 4.06. The van der Waals surface area contributed by atoms with Gasteiger partial charge in [0, 0.05) is 18.0 Å². The first kappa shape index (κ1) is 10.2. The van der Waals surface area contributed by atoms with Crippen molar-refractivity contribution in [2.24, 2.45) is 10.8 Å². The second kappa shape index (κ2) is 4.96. The summed E-state index contributed by atoms with van der Waals surface area (Å²) in [6, 6.07) is 2.99. The molecule has 0 unspecified atom stereocenters. The summed E-state index contributed by atoms with van der Waals surface area (Å²) in [4.78, 5) is 14.3. The molecule has 0 saturated carbocycles. The first-order chi connectivity index (χ1) is 6.74. The van der Waals surface area contributed by atoms with E-state index in [-0.39, 0.29) is 0 Å². The summed E-state index contributed by atoms with van der Waals surface area (Å²) in [5, 5.41) is 3.88. The monoisotopic (exact) mass is 192 g/mol. The van der Waals surface area contributed by atoms with Crippen molar-refractivity contribution in [3.63, 3.8) is 0 Å². The van der Waals surface area contributed by atoms with E-state index >= 15 is 0 Å². The van der Waals surface area contributed by atoms with Crippen LogP contribution in [0.3, 0.4) is 0 Å². The Labute approximate surface area is 82.0 Å². The first-order valence-corrected chi connectivity index (χ1v) is 4.26. The molecule has 5 nitrogen and oxygen atoms in total. The number of amides is 2. The lowest BCUT2D eigenvalue weighted by Gasteiger charge is -2.02. The Morgan fingerprint density at radius 3 is 2.71 bits per heavy atom. The molecule has 0 saturated heterocycles. The number of urea groups is 1. The molecule has 0 atom stereocenters. The Kier molecular flexibility index (Phi) is 3.60. The van der Waals surface area contributed by atoms with E-state index in [0.29, 0.717) is 6.42 Å². The SMILES string of the molecule is CCC(=NNC(N)=O)c1ccncc1. The van der Waals surface area contributed by atoms with E-state index in [4.69, 9.17) is 5.73 Å². The van der Waals surface area contributed by atoms with Crippen LogP contribution in [-0.4, -0.2) is 16.7 Å². The third-order valence-corrected chi connectivity index (χ3v) is 1.65. The first-order valence-electron chi connectivity index (χ1n) is 4.26. The zero-order valence-electron chi connectivity index (χ0n) is 7.90. The van der Waals surface area contributed by atoms with Gasteiger partial charge in [-0.15, -0.1) is 0 Å². The lowest BCUT2D eigenvalue weighted by molar-refractivity contribution is 0.249. The second-order valence-electron chi connectivity index (χ2n) is 2.62. The fourth-order valence-corrected chi connectivity index (χ4v) is 1.01. The van der Waals surface area contributed by atoms with E-state index in [2.05, 4.69) is 15.5 Å². The number of nitrogens with one attached hydrogen (secondary N) is 1. The Balaban J connectivity index is 2.82. The van der Waals surface area contributed by atoms with Crippen LogP contribution in [0.4, 0.5) is 4.79 Å². The molecular formula is C9H12N4O. The molecule has 1 aromatic heterocycles. The normalized spacial score (nSPS) is 11.1. The number of pyridine rings is 1. The van der Waals surface area contributed by atoms with Crippen LogP contribution in [0.1, 0.15) is 18.9 Å². The highest BCUT2D eigenvalue weighted by molar-refractivity contribution is 6.00. The van der Waals surface area contributed by atoms with Gasteiger partial charge < -0.3 is 5.73 Å². The van der Waals surface area contributed by atoms with E-state index in [9.17, 15) is 4.79 Å². The van der Waals surface area contributed by atoms with Crippen LogP contribution >= 0.6 is 0 Å². The van der Waals surface area contributed by atoms with Crippen LogP contribution in [0.15, 0.2) is 29.6 Å². The number of primary amides is 1. The van der Waals surface area contributed by atoms with Crippen molar-refractivity contribution >= 4 is 11.7 Å². The molecule has 0 radical (unpaired) electrons. The highest BCUT2D eigenvalue weighted by atomic mass is 16.2. The molecule has 14 heavy (non-hydrogen) atoms. The van der Waals surface area contributed by atoms with E-state index < -0.39 is 6.03 Å².